The summed E-state index contributed by atoms with van der Waals surface area (Å²) in [4.78, 5) is 8.13. The number of aliphatic imine (C=N–C) groups is 1. The third-order valence-electron chi connectivity index (χ3n) is 4.32. The second kappa shape index (κ2) is 8.71. The van der Waals surface area contributed by atoms with E-state index in [0.29, 0.717) is 18.7 Å². The number of pyridine rings is 1. The molecule has 9 heteroatoms. The lowest BCUT2D eigenvalue weighted by Crippen LogP contribution is -2.50. The van der Waals surface area contributed by atoms with Crippen molar-refractivity contribution in [2.75, 3.05) is 13.1 Å². The van der Waals surface area contributed by atoms with E-state index in [1.807, 2.05) is 6.07 Å². The van der Waals surface area contributed by atoms with Crippen LogP contribution in [0, 0.1) is 5.82 Å². The molecule has 1 aliphatic heterocycles. The van der Waals surface area contributed by atoms with Gasteiger partial charge in [0.05, 0.1) is 17.7 Å². The highest BCUT2D eigenvalue weighted by Gasteiger charge is 2.24. The molecule has 0 atom stereocenters. The number of nitrogens with one attached hydrogen (secondary N) is 1. The molecule has 1 aromatic heterocycles. The zero-order valence-corrected chi connectivity index (χ0v) is 17.0. The van der Waals surface area contributed by atoms with E-state index >= 15 is 0 Å². The predicted octanol–water partition coefficient (Wildman–Crippen LogP) is 2.47. The summed E-state index contributed by atoms with van der Waals surface area (Å²) in [5.74, 6) is -0.638. The van der Waals surface area contributed by atoms with Crippen LogP contribution >= 0.6 is 0 Å². The fraction of sp³-hybridized carbons (Fsp3) is 0.300. The van der Waals surface area contributed by atoms with Crippen molar-refractivity contribution in [1.29, 1.82) is 0 Å². The molecule has 0 amide bonds. The molecular formula is C20H23FN4O3S. The summed E-state index contributed by atoms with van der Waals surface area (Å²) in [5, 5.41) is 3.03. The lowest BCUT2D eigenvalue weighted by Gasteiger charge is -2.27. The van der Waals surface area contributed by atoms with Crippen LogP contribution in [-0.4, -0.2) is 38.3 Å². The number of hydrogen-bond donors (Lipinski definition) is 2. The van der Waals surface area contributed by atoms with Gasteiger partial charge in [-0.1, -0.05) is 30.3 Å². The van der Waals surface area contributed by atoms with Gasteiger partial charge in [-0.15, -0.1) is 0 Å². The first-order valence-electron chi connectivity index (χ1n) is 9.08. The van der Waals surface area contributed by atoms with Gasteiger partial charge in [0.2, 0.25) is 0 Å². The lowest BCUT2D eigenvalue weighted by atomic mass is 10.2. The summed E-state index contributed by atoms with van der Waals surface area (Å²) in [6.07, 6.45) is 0.892. The SMILES string of the molecule is CC(=Nc1cc(OC2CNC2)c(F)cn1)C(=C(C)N)S(=O)(=O)Cc1ccccc1. The Morgan fingerprint density at radius 3 is 2.59 bits per heavy atom. The highest BCUT2D eigenvalue weighted by atomic mass is 32.2. The van der Waals surface area contributed by atoms with Crippen LogP contribution in [0.4, 0.5) is 10.2 Å². The fourth-order valence-corrected chi connectivity index (χ4v) is 4.69. The minimum Gasteiger partial charge on any atom is -0.484 e. The maximum absolute atomic E-state index is 14.0. The Morgan fingerprint density at radius 1 is 1.31 bits per heavy atom. The molecule has 0 unspecified atom stereocenters. The number of hydrogen-bond acceptors (Lipinski definition) is 7. The van der Waals surface area contributed by atoms with E-state index < -0.39 is 15.7 Å². The van der Waals surface area contributed by atoms with E-state index in [9.17, 15) is 12.8 Å². The number of ether oxygens (including phenoxy) is 1. The lowest BCUT2D eigenvalue weighted by molar-refractivity contribution is 0.136. The van der Waals surface area contributed by atoms with Crippen molar-refractivity contribution in [2.45, 2.75) is 25.7 Å². The molecule has 154 valence electrons. The van der Waals surface area contributed by atoms with Gasteiger partial charge in [-0.05, 0) is 19.4 Å². The van der Waals surface area contributed by atoms with Gasteiger partial charge in [0.1, 0.15) is 11.0 Å². The first-order chi connectivity index (χ1) is 13.8. The van der Waals surface area contributed by atoms with Gasteiger partial charge in [0, 0.05) is 24.9 Å². The zero-order chi connectivity index (χ0) is 21.0. The van der Waals surface area contributed by atoms with Crippen LogP contribution in [0.3, 0.4) is 0 Å². The number of nitrogens with zero attached hydrogens (tertiary/aromatic N) is 2. The molecule has 0 aliphatic carbocycles. The monoisotopic (exact) mass is 418 g/mol. The summed E-state index contributed by atoms with van der Waals surface area (Å²) in [5.41, 5.74) is 6.83. The average molecular weight is 418 g/mol. The van der Waals surface area contributed by atoms with Gasteiger partial charge in [0.25, 0.3) is 0 Å². The maximum Gasteiger partial charge on any atom is 0.185 e. The second-order valence-corrected chi connectivity index (χ2v) is 8.75. The van der Waals surface area contributed by atoms with Crippen molar-refractivity contribution in [3.8, 4) is 5.75 Å². The molecule has 0 spiro atoms. The van der Waals surface area contributed by atoms with Crippen LogP contribution in [0.1, 0.15) is 19.4 Å². The molecule has 3 rings (SSSR count). The van der Waals surface area contributed by atoms with Gasteiger partial charge < -0.3 is 15.8 Å². The number of allylic oxidation sites excluding steroid dienone is 2. The Hall–Kier alpha value is -2.78. The molecule has 2 aromatic rings. The van der Waals surface area contributed by atoms with Gasteiger partial charge in [-0.25, -0.2) is 22.8 Å². The van der Waals surface area contributed by atoms with Gasteiger partial charge in [0.15, 0.2) is 27.2 Å². The topological polar surface area (TPSA) is 107 Å². The summed E-state index contributed by atoms with van der Waals surface area (Å²) in [6.45, 7) is 4.32. The van der Waals surface area contributed by atoms with E-state index in [2.05, 4.69) is 15.3 Å². The smallest absolute Gasteiger partial charge is 0.185 e. The van der Waals surface area contributed by atoms with Crippen molar-refractivity contribution < 1.29 is 17.5 Å². The third kappa shape index (κ3) is 5.18. The number of benzene rings is 1. The van der Waals surface area contributed by atoms with Gasteiger partial charge >= 0.3 is 0 Å². The molecule has 0 saturated carbocycles. The molecule has 7 nitrogen and oxygen atoms in total. The van der Waals surface area contributed by atoms with Gasteiger partial charge in [-0.3, -0.25) is 0 Å². The van der Waals surface area contributed by atoms with Crippen LogP contribution < -0.4 is 15.8 Å². The van der Waals surface area contributed by atoms with Crippen molar-refractivity contribution >= 4 is 21.4 Å². The molecule has 1 aliphatic rings. The molecule has 0 bridgehead atoms. The third-order valence-corrected chi connectivity index (χ3v) is 6.28. The molecule has 1 aromatic carbocycles. The van der Waals surface area contributed by atoms with E-state index in [1.54, 1.807) is 24.3 Å². The van der Waals surface area contributed by atoms with Crippen LogP contribution in [-0.2, 0) is 15.6 Å². The van der Waals surface area contributed by atoms with Crippen LogP contribution in [0.25, 0.3) is 0 Å². The summed E-state index contributed by atoms with van der Waals surface area (Å²) in [6, 6.07) is 10.2. The molecule has 1 fully saturated rings. The summed E-state index contributed by atoms with van der Waals surface area (Å²) in [7, 11) is -3.74. The van der Waals surface area contributed by atoms with E-state index in [1.165, 1.54) is 19.9 Å². The number of sulfone groups is 1. The Morgan fingerprint density at radius 2 is 2.00 bits per heavy atom. The minimum absolute atomic E-state index is 0.0280. The zero-order valence-electron chi connectivity index (χ0n) is 16.2. The van der Waals surface area contributed by atoms with Crippen molar-refractivity contribution in [1.82, 2.24) is 10.3 Å². The number of halogens is 1. The normalized spacial score (nSPS) is 16.2. The maximum atomic E-state index is 14.0. The Balaban J connectivity index is 1.89. The van der Waals surface area contributed by atoms with E-state index in [4.69, 9.17) is 10.5 Å². The highest BCUT2D eigenvalue weighted by molar-refractivity contribution is 7.95. The highest BCUT2D eigenvalue weighted by Crippen LogP contribution is 2.25. The van der Waals surface area contributed by atoms with Crippen LogP contribution in [0.5, 0.6) is 5.75 Å². The molecule has 2 heterocycles. The molecule has 0 radical (unpaired) electrons. The Labute approximate surface area is 169 Å². The largest absolute Gasteiger partial charge is 0.484 e. The van der Waals surface area contributed by atoms with Crippen LogP contribution in [0.2, 0.25) is 0 Å². The van der Waals surface area contributed by atoms with Gasteiger partial charge in [-0.2, -0.15) is 0 Å². The van der Waals surface area contributed by atoms with Crippen molar-refractivity contribution in [2.24, 2.45) is 10.7 Å². The molecular weight excluding hydrogens is 395 g/mol. The Bertz CT molecular complexity index is 1040. The number of nitrogens with two attached hydrogens (primary N) is 1. The predicted molar refractivity (Wildman–Crippen MR) is 110 cm³/mol. The van der Waals surface area contributed by atoms with E-state index in [-0.39, 0.29) is 39.7 Å². The molecule has 29 heavy (non-hydrogen) atoms. The van der Waals surface area contributed by atoms with Crippen molar-refractivity contribution in [3.05, 3.63) is 64.6 Å². The standard InChI is InChI=1S/C20H23FN4O3S/c1-13(22)20(29(26,27)12-15-6-4-3-5-7-15)14(2)25-19-8-18(17(21)11-24-19)28-16-9-23-10-16/h3-8,11,16,23H,9-10,12,22H2,1-2H3. The Kier molecular flexibility index (Phi) is 6.29. The first-order valence-corrected chi connectivity index (χ1v) is 10.7. The molecule has 3 N–H and O–H groups in total. The van der Waals surface area contributed by atoms with E-state index in [0.717, 1.165) is 6.20 Å². The number of rotatable bonds is 7. The van der Waals surface area contributed by atoms with Crippen molar-refractivity contribution in [3.63, 3.8) is 0 Å². The molecule has 1 saturated heterocycles. The number of aromatic nitrogens is 1. The average Bonchev–Trinajstić information content (AvgIpc) is 2.60. The quantitative estimate of drug-likeness (QED) is 0.669. The first kappa shape index (κ1) is 20.9. The minimum atomic E-state index is -3.74. The van der Waals surface area contributed by atoms with Crippen LogP contribution in [0.15, 0.2) is 58.2 Å². The summed E-state index contributed by atoms with van der Waals surface area (Å²) < 4.78 is 45.4. The fourth-order valence-electron chi connectivity index (χ4n) is 2.93. The summed E-state index contributed by atoms with van der Waals surface area (Å²) >= 11 is 0. The second-order valence-electron chi connectivity index (χ2n) is 6.83.